The third kappa shape index (κ3) is 2.58. The standard InChI is InChI=1S/C11H10N2O3/c1-3-8(2)12-11(14)9-6-4-5-7-10(9)13(15)16/h1,4-8H,2H3,(H,12,14). The molecule has 0 spiro atoms. The van der Waals surface area contributed by atoms with Crippen LogP contribution in [0.1, 0.15) is 17.3 Å². The van der Waals surface area contributed by atoms with Gasteiger partial charge in [0, 0.05) is 6.07 Å². The number of hydrogen-bond donors (Lipinski definition) is 1. The van der Waals surface area contributed by atoms with Crippen molar-refractivity contribution in [1.29, 1.82) is 0 Å². The Morgan fingerprint density at radius 2 is 2.19 bits per heavy atom. The number of benzene rings is 1. The lowest BCUT2D eigenvalue weighted by Crippen LogP contribution is -2.31. The van der Waals surface area contributed by atoms with Gasteiger partial charge < -0.3 is 5.32 Å². The zero-order chi connectivity index (χ0) is 12.1. The summed E-state index contributed by atoms with van der Waals surface area (Å²) in [6, 6.07) is 5.25. The number of carbonyl (C=O) groups is 1. The predicted molar refractivity (Wildman–Crippen MR) is 58.9 cm³/mol. The summed E-state index contributed by atoms with van der Waals surface area (Å²) >= 11 is 0. The van der Waals surface area contributed by atoms with Gasteiger partial charge >= 0.3 is 0 Å². The van der Waals surface area contributed by atoms with Gasteiger partial charge in [0.2, 0.25) is 0 Å². The van der Waals surface area contributed by atoms with Crippen molar-refractivity contribution in [3.05, 3.63) is 39.9 Å². The van der Waals surface area contributed by atoms with Gasteiger partial charge in [0.1, 0.15) is 5.56 Å². The molecule has 0 aliphatic rings. The van der Waals surface area contributed by atoms with Crippen molar-refractivity contribution in [2.75, 3.05) is 0 Å². The minimum atomic E-state index is -0.602. The molecule has 1 aromatic carbocycles. The third-order valence-electron chi connectivity index (χ3n) is 1.94. The molecule has 0 aliphatic heterocycles. The predicted octanol–water partition coefficient (Wildman–Crippen LogP) is 1.35. The maximum absolute atomic E-state index is 11.6. The first-order valence-electron chi connectivity index (χ1n) is 4.56. The third-order valence-corrected chi connectivity index (χ3v) is 1.94. The minimum absolute atomic E-state index is 0.00889. The summed E-state index contributed by atoms with van der Waals surface area (Å²) in [7, 11) is 0. The fraction of sp³-hybridized carbons (Fsp3) is 0.182. The SMILES string of the molecule is C#CC(C)NC(=O)c1ccccc1[N+](=O)[O-]. The van der Waals surface area contributed by atoms with E-state index in [0.717, 1.165) is 0 Å². The van der Waals surface area contributed by atoms with Crippen molar-refractivity contribution < 1.29 is 9.72 Å². The number of nitro groups is 1. The first-order chi connectivity index (χ1) is 7.56. The smallest absolute Gasteiger partial charge is 0.282 e. The molecule has 0 fully saturated rings. The Labute approximate surface area is 92.6 Å². The Morgan fingerprint density at radius 3 is 2.75 bits per heavy atom. The number of nitrogens with one attached hydrogen (secondary N) is 1. The lowest BCUT2D eigenvalue weighted by molar-refractivity contribution is -0.385. The molecule has 0 radical (unpaired) electrons. The molecule has 5 nitrogen and oxygen atoms in total. The number of para-hydroxylation sites is 1. The summed E-state index contributed by atoms with van der Waals surface area (Å²) in [6.45, 7) is 1.62. The molecule has 0 bridgehead atoms. The van der Waals surface area contributed by atoms with Crippen LogP contribution in [0.3, 0.4) is 0 Å². The summed E-state index contributed by atoms with van der Waals surface area (Å²) in [6.07, 6.45) is 5.10. The van der Waals surface area contributed by atoms with Crippen LogP contribution >= 0.6 is 0 Å². The quantitative estimate of drug-likeness (QED) is 0.472. The highest BCUT2D eigenvalue weighted by Crippen LogP contribution is 2.17. The zero-order valence-electron chi connectivity index (χ0n) is 8.64. The highest BCUT2D eigenvalue weighted by molar-refractivity contribution is 5.98. The van der Waals surface area contributed by atoms with Crippen LogP contribution in [0.15, 0.2) is 24.3 Å². The van der Waals surface area contributed by atoms with Crippen LogP contribution in [0.2, 0.25) is 0 Å². The average Bonchev–Trinajstić information content (AvgIpc) is 2.28. The summed E-state index contributed by atoms with van der Waals surface area (Å²) in [4.78, 5) is 21.7. The fourth-order valence-electron chi connectivity index (χ4n) is 1.14. The molecule has 82 valence electrons. The fourth-order valence-corrected chi connectivity index (χ4v) is 1.14. The number of carbonyl (C=O) groups excluding carboxylic acids is 1. The number of rotatable bonds is 3. The van der Waals surface area contributed by atoms with Crippen LogP contribution in [0, 0.1) is 22.5 Å². The lowest BCUT2D eigenvalue weighted by Gasteiger charge is -2.07. The maximum atomic E-state index is 11.6. The first-order valence-corrected chi connectivity index (χ1v) is 4.56. The summed E-state index contributed by atoms with van der Waals surface area (Å²) in [5.41, 5.74) is -0.223. The molecule has 0 heterocycles. The van der Waals surface area contributed by atoms with Gasteiger partial charge in [0.15, 0.2) is 0 Å². The lowest BCUT2D eigenvalue weighted by atomic mass is 10.1. The van der Waals surface area contributed by atoms with Crippen molar-refractivity contribution in [3.63, 3.8) is 0 Å². The minimum Gasteiger partial charge on any atom is -0.338 e. The highest BCUT2D eigenvalue weighted by Gasteiger charge is 2.19. The van der Waals surface area contributed by atoms with E-state index >= 15 is 0 Å². The van der Waals surface area contributed by atoms with E-state index < -0.39 is 16.9 Å². The van der Waals surface area contributed by atoms with E-state index in [0.29, 0.717) is 0 Å². The van der Waals surface area contributed by atoms with E-state index in [1.165, 1.54) is 18.2 Å². The molecule has 1 atom stereocenters. The van der Waals surface area contributed by atoms with Crippen LogP contribution in [0.4, 0.5) is 5.69 Å². The van der Waals surface area contributed by atoms with Gasteiger partial charge in [0.05, 0.1) is 11.0 Å². The summed E-state index contributed by atoms with van der Waals surface area (Å²) < 4.78 is 0. The number of hydrogen-bond acceptors (Lipinski definition) is 3. The molecule has 1 rings (SSSR count). The Kier molecular flexibility index (Phi) is 3.62. The van der Waals surface area contributed by atoms with E-state index in [9.17, 15) is 14.9 Å². The van der Waals surface area contributed by atoms with Crippen LogP contribution in [-0.4, -0.2) is 16.9 Å². The van der Waals surface area contributed by atoms with Gasteiger partial charge in [0.25, 0.3) is 11.6 Å². The molecule has 1 aromatic rings. The first kappa shape index (κ1) is 11.7. The molecule has 16 heavy (non-hydrogen) atoms. The molecule has 1 N–H and O–H groups in total. The topological polar surface area (TPSA) is 72.2 Å². The molecule has 1 amide bonds. The number of amides is 1. The van der Waals surface area contributed by atoms with Gasteiger partial charge in [-0.15, -0.1) is 6.42 Å². The number of terminal acetylenes is 1. The zero-order valence-corrected chi connectivity index (χ0v) is 8.64. The molecule has 0 saturated carbocycles. The van der Waals surface area contributed by atoms with Gasteiger partial charge in [-0.05, 0) is 13.0 Å². The van der Waals surface area contributed by atoms with Gasteiger partial charge in [-0.2, -0.15) is 0 Å². The summed E-state index contributed by atoms with van der Waals surface area (Å²) in [5, 5.41) is 13.1. The van der Waals surface area contributed by atoms with E-state index in [1.54, 1.807) is 13.0 Å². The second-order valence-electron chi connectivity index (χ2n) is 3.14. The van der Waals surface area contributed by atoms with Crippen LogP contribution in [0.5, 0.6) is 0 Å². The van der Waals surface area contributed by atoms with Crippen molar-refractivity contribution in [3.8, 4) is 12.3 Å². The van der Waals surface area contributed by atoms with Gasteiger partial charge in [-0.3, -0.25) is 14.9 Å². The van der Waals surface area contributed by atoms with Crippen molar-refractivity contribution in [2.45, 2.75) is 13.0 Å². The largest absolute Gasteiger partial charge is 0.338 e. The summed E-state index contributed by atoms with van der Waals surface area (Å²) in [5.74, 6) is 1.77. The number of nitro benzene ring substituents is 1. The van der Waals surface area contributed by atoms with Gasteiger partial charge in [-0.1, -0.05) is 18.1 Å². The molecule has 1 unspecified atom stereocenters. The van der Waals surface area contributed by atoms with Crippen LogP contribution in [0.25, 0.3) is 0 Å². The number of nitrogens with zero attached hydrogens (tertiary/aromatic N) is 1. The average molecular weight is 218 g/mol. The molecular weight excluding hydrogens is 208 g/mol. The Bertz CT molecular complexity index is 463. The maximum Gasteiger partial charge on any atom is 0.282 e. The van der Waals surface area contributed by atoms with Crippen molar-refractivity contribution >= 4 is 11.6 Å². The molecular formula is C11H10N2O3. The van der Waals surface area contributed by atoms with E-state index in [4.69, 9.17) is 6.42 Å². The highest BCUT2D eigenvalue weighted by atomic mass is 16.6. The Morgan fingerprint density at radius 1 is 1.56 bits per heavy atom. The molecule has 0 saturated heterocycles. The second kappa shape index (κ2) is 4.94. The second-order valence-corrected chi connectivity index (χ2v) is 3.14. The van der Waals surface area contributed by atoms with Crippen molar-refractivity contribution in [2.24, 2.45) is 0 Å². The molecule has 0 aromatic heterocycles. The van der Waals surface area contributed by atoms with E-state index in [1.807, 2.05) is 0 Å². The van der Waals surface area contributed by atoms with Gasteiger partial charge in [-0.25, -0.2) is 0 Å². The van der Waals surface area contributed by atoms with E-state index in [2.05, 4.69) is 11.2 Å². The van der Waals surface area contributed by atoms with Crippen LogP contribution in [-0.2, 0) is 0 Å². The van der Waals surface area contributed by atoms with E-state index in [-0.39, 0.29) is 11.3 Å². The normalized spacial score (nSPS) is 11.2. The molecule has 5 heteroatoms. The Balaban J connectivity index is 3.00. The molecule has 0 aliphatic carbocycles. The Hall–Kier alpha value is -2.35. The van der Waals surface area contributed by atoms with Crippen molar-refractivity contribution in [1.82, 2.24) is 5.32 Å². The van der Waals surface area contributed by atoms with Crippen LogP contribution < -0.4 is 5.32 Å². The monoisotopic (exact) mass is 218 g/mol.